The predicted molar refractivity (Wildman–Crippen MR) is 118 cm³/mol. The largest absolute Gasteiger partial charge is 0.418 e. The summed E-state index contributed by atoms with van der Waals surface area (Å²) in [7, 11) is -3.85. The van der Waals surface area contributed by atoms with E-state index < -0.39 is 33.4 Å². The Hall–Kier alpha value is -3.04. The van der Waals surface area contributed by atoms with Gasteiger partial charge in [-0.1, -0.05) is 29.3 Å². The lowest BCUT2D eigenvalue weighted by atomic mass is 10.1. The Labute approximate surface area is 188 Å². The second-order valence-corrected chi connectivity index (χ2v) is 9.21. The number of alkyl halides is 3. The summed E-state index contributed by atoms with van der Waals surface area (Å²) in [6.45, 7) is 3.41. The molecule has 0 radical (unpaired) electrons. The fraction of sp³-hybridized carbons (Fsp3) is 0.136. The minimum atomic E-state index is -4.71. The maximum Gasteiger partial charge on any atom is 0.418 e. The van der Waals surface area contributed by atoms with E-state index in [1.165, 1.54) is 36.4 Å². The lowest BCUT2D eigenvalue weighted by Gasteiger charge is -2.15. The summed E-state index contributed by atoms with van der Waals surface area (Å²) >= 11 is 5.65. The van der Waals surface area contributed by atoms with Gasteiger partial charge in [0, 0.05) is 10.6 Å². The number of aryl methyl sites for hydroxylation is 2. The van der Waals surface area contributed by atoms with Gasteiger partial charge in [0.15, 0.2) is 0 Å². The van der Waals surface area contributed by atoms with Crippen LogP contribution in [0.1, 0.15) is 27.0 Å². The van der Waals surface area contributed by atoms with Gasteiger partial charge in [0.1, 0.15) is 0 Å². The number of carbonyl (C=O) groups is 1. The van der Waals surface area contributed by atoms with Crippen LogP contribution in [-0.4, -0.2) is 14.3 Å². The Morgan fingerprint density at radius 2 is 1.53 bits per heavy atom. The van der Waals surface area contributed by atoms with Gasteiger partial charge in [-0.05, 0) is 67.9 Å². The van der Waals surface area contributed by atoms with E-state index in [4.69, 9.17) is 11.6 Å². The van der Waals surface area contributed by atoms with Gasteiger partial charge in [0.25, 0.3) is 15.9 Å². The standard InChI is InChI=1S/C22H18ClF3N2O3S/c1-13-3-7-17(8-4-13)32(30,31)28-19-9-5-15(11-14(19)2)21(29)27-20-10-6-16(23)12-18(20)22(24,25)26/h3-12,28H,1-2H3,(H,27,29). The average molecular weight is 483 g/mol. The number of halogens is 4. The third-order valence-electron chi connectivity index (χ3n) is 4.60. The van der Waals surface area contributed by atoms with E-state index in [-0.39, 0.29) is 21.2 Å². The zero-order valence-corrected chi connectivity index (χ0v) is 18.5. The summed E-state index contributed by atoms with van der Waals surface area (Å²) in [5.74, 6) is -0.783. The number of amides is 1. The van der Waals surface area contributed by atoms with E-state index in [0.29, 0.717) is 5.56 Å². The van der Waals surface area contributed by atoms with E-state index in [2.05, 4.69) is 10.0 Å². The van der Waals surface area contributed by atoms with Gasteiger partial charge < -0.3 is 5.32 Å². The van der Waals surface area contributed by atoms with Crippen LogP contribution in [0.2, 0.25) is 5.02 Å². The lowest BCUT2D eigenvalue weighted by molar-refractivity contribution is -0.136. The van der Waals surface area contributed by atoms with Crippen molar-refractivity contribution in [2.24, 2.45) is 0 Å². The van der Waals surface area contributed by atoms with Crippen LogP contribution in [0.15, 0.2) is 65.6 Å². The molecule has 10 heteroatoms. The molecule has 0 unspecified atom stereocenters. The zero-order chi connectivity index (χ0) is 23.7. The summed E-state index contributed by atoms with van der Waals surface area (Å²) in [4.78, 5) is 12.6. The summed E-state index contributed by atoms with van der Waals surface area (Å²) in [6.07, 6.45) is -4.71. The van der Waals surface area contributed by atoms with Crippen molar-refractivity contribution in [3.63, 3.8) is 0 Å². The Kier molecular flexibility index (Phi) is 6.52. The first-order valence-electron chi connectivity index (χ1n) is 9.25. The van der Waals surface area contributed by atoms with Crippen LogP contribution in [0.3, 0.4) is 0 Å². The summed E-state index contributed by atoms with van der Waals surface area (Å²) in [6, 6.07) is 13.4. The number of hydrogen-bond acceptors (Lipinski definition) is 3. The number of benzene rings is 3. The van der Waals surface area contributed by atoms with Crippen LogP contribution in [0.25, 0.3) is 0 Å². The Balaban J connectivity index is 1.83. The predicted octanol–water partition coefficient (Wildman–Crippen LogP) is 6.03. The van der Waals surface area contributed by atoms with Crippen LogP contribution in [0.5, 0.6) is 0 Å². The van der Waals surface area contributed by atoms with Gasteiger partial charge in [-0.25, -0.2) is 8.42 Å². The summed E-state index contributed by atoms with van der Waals surface area (Å²) in [5.41, 5.74) is 0.116. The molecule has 5 nitrogen and oxygen atoms in total. The first-order chi connectivity index (χ1) is 14.9. The van der Waals surface area contributed by atoms with E-state index in [9.17, 15) is 26.4 Å². The molecular formula is C22H18ClF3N2O3S. The number of anilines is 2. The van der Waals surface area contributed by atoms with E-state index in [1.807, 2.05) is 6.92 Å². The van der Waals surface area contributed by atoms with Crippen molar-refractivity contribution in [1.29, 1.82) is 0 Å². The monoisotopic (exact) mass is 482 g/mol. The molecule has 3 rings (SSSR count). The summed E-state index contributed by atoms with van der Waals surface area (Å²) < 4.78 is 67.3. The first-order valence-corrected chi connectivity index (χ1v) is 11.1. The van der Waals surface area contributed by atoms with Crippen molar-refractivity contribution in [2.45, 2.75) is 24.9 Å². The molecule has 3 aromatic carbocycles. The van der Waals surface area contributed by atoms with Crippen LogP contribution in [0, 0.1) is 13.8 Å². The number of hydrogen-bond donors (Lipinski definition) is 2. The highest BCUT2D eigenvalue weighted by atomic mass is 35.5. The van der Waals surface area contributed by atoms with Gasteiger partial charge in [0.2, 0.25) is 0 Å². The molecule has 0 aliphatic carbocycles. The molecule has 0 aliphatic heterocycles. The van der Waals surface area contributed by atoms with Crippen LogP contribution in [0.4, 0.5) is 24.5 Å². The maximum atomic E-state index is 13.2. The second kappa shape index (κ2) is 8.84. The molecule has 32 heavy (non-hydrogen) atoms. The highest BCUT2D eigenvalue weighted by Crippen LogP contribution is 2.36. The molecule has 0 aromatic heterocycles. The highest BCUT2D eigenvalue weighted by Gasteiger charge is 2.34. The van der Waals surface area contributed by atoms with Crippen molar-refractivity contribution >= 4 is 38.9 Å². The lowest BCUT2D eigenvalue weighted by Crippen LogP contribution is -2.17. The molecule has 0 heterocycles. The third kappa shape index (κ3) is 5.41. The molecular weight excluding hydrogens is 465 g/mol. The molecule has 1 amide bonds. The first kappa shape index (κ1) is 23.6. The second-order valence-electron chi connectivity index (χ2n) is 7.09. The molecule has 3 aromatic rings. The topological polar surface area (TPSA) is 75.3 Å². The quantitative estimate of drug-likeness (QED) is 0.466. The van der Waals surface area contributed by atoms with E-state index in [0.717, 1.165) is 17.7 Å². The molecule has 0 spiro atoms. The number of nitrogens with one attached hydrogen (secondary N) is 2. The van der Waals surface area contributed by atoms with Crippen molar-refractivity contribution in [3.8, 4) is 0 Å². The van der Waals surface area contributed by atoms with Crippen molar-refractivity contribution in [3.05, 3.63) is 87.9 Å². The number of rotatable bonds is 5. The van der Waals surface area contributed by atoms with Gasteiger partial charge >= 0.3 is 6.18 Å². The zero-order valence-electron chi connectivity index (χ0n) is 16.9. The molecule has 0 saturated carbocycles. The van der Waals surface area contributed by atoms with Crippen molar-refractivity contribution < 1.29 is 26.4 Å². The normalized spacial score (nSPS) is 11.8. The average Bonchev–Trinajstić information content (AvgIpc) is 2.70. The molecule has 168 valence electrons. The summed E-state index contributed by atoms with van der Waals surface area (Å²) in [5, 5.41) is 2.12. The smallest absolute Gasteiger partial charge is 0.321 e. The highest BCUT2D eigenvalue weighted by molar-refractivity contribution is 7.92. The molecule has 0 atom stereocenters. The van der Waals surface area contributed by atoms with Crippen LogP contribution >= 0.6 is 11.6 Å². The van der Waals surface area contributed by atoms with E-state index in [1.54, 1.807) is 19.1 Å². The minimum Gasteiger partial charge on any atom is -0.321 e. The van der Waals surface area contributed by atoms with Crippen LogP contribution < -0.4 is 10.0 Å². The molecule has 0 fully saturated rings. The van der Waals surface area contributed by atoms with Gasteiger partial charge in [0.05, 0.1) is 21.8 Å². The Morgan fingerprint density at radius 1 is 0.906 bits per heavy atom. The van der Waals surface area contributed by atoms with Gasteiger partial charge in [-0.2, -0.15) is 13.2 Å². The Bertz CT molecular complexity index is 1270. The van der Waals surface area contributed by atoms with E-state index >= 15 is 0 Å². The van der Waals surface area contributed by atoms with Crippen LogP contribution in [-0.2, 0) is 16.2 Å². The number of sulfonamides is 1. The maximum absolute atomic E-state index is 13.2. The fourth-order valence-electron chi connectivity index (χ4n) is 2.90. The Morgan fingerprint density at radius 3 is 2.12 bits per heavy atom. The SMILES string of the molecule is Cc1ccc(S(=O)(=O)Nc2ccc(C(=O)Nc3ccc(Cl)cc3C(F)(F)F)cc2C)cc1. The molecule has 0 bridgehead atoms. The van der Waals surface area contributed by atoms with Crippen molar-refractivity contribution in [1.82, 2.24) is 0 Å². The number of carbonyl (C=O) groups excluding carboxylic acids is 1. The molecule has 0 saturated heterocycles. The molecule has 0 aliphatic rings. The third-order valence-corrected chi connectivity index (χ3v) is 6.22. The van der Waals surface area contributed by atoms with Gasteiger partial charge in [-0.3, -0.25) is 9.52 Å². The van der Waals surface area contributed by atoms with Gasteiger partial charge in [-0.15, -0.1) is 0 Å². The fourth-order valence-corrected chi connectivity index (χ4v) is 4.20. The van der Waals surface area contributed by atoms with Crippen molar-refractivity contribution in [2.75, 3.05) is 10.0 Å². The minimum absolute atomic E-state index is 0.0591. The molecule has 2 N–H and O–H groups in total.